The predicted molar refractivity (Wildman–Crippen MR) is 502 cm³/mol. The Hall–Kier alpha value is -8.38. The first kappa shape index (κ1) is 104. The van der Waals surface area contributed by atoms with Crippen molar-refractivity contribution in [1.82, 2.24) is 31.9 Å². The first-order valence-corrected chi connectivity index (χ1v) is 46.3. The second-order valence-electron chi connectivity index (χ2n) is 37.1. The van der Waals surface area contributed by atoms with Crippen LogP contribution in [0.3, 0.4) is 0 Å². The number of aryl methyl sites for hydroxylation is 1. The van der Waals surface area contributed by atoms with Crippen molar-refractivity contribution in [1.29, 1.82) is 0 Å². The normalized spacial score (nSPS) is 17.9. The first-order valence-electron chi connectivity index (χ1n) is 45.6. The smallest absolute Gasteiger partial charge is 0.344 e. The van der Waals surface area contributed by atoms with Crippen molar-refractivity contribution in [2.24, 2.45) is 41.4 Å². The van der Waals surface area contributed by atoms with Gasteiger partial charge in [-0.2, -0.15) is 0 Å². The number of phenolic OH excluding ortho intramolecular Hbond substituents is 2. The van der Waals surface area contributed by atoms with Crippen molar-refractivity contribution in [3.05, 3.63) is 183 Å². The van der Waals surface area contributed by atoms with Crippen LogP contribution in [-0.2, 0) is 57.2 Å². The molecule has 8 N–H and O–H groups in total. The van der Waals surface area contributed by atoms with Crippen molar-refractivity contribution < 1.29 is 72.1 Å². The number of hydrogen-bond acceptors (Lipinski definition) is 21. The zero-order chi connectivity index (χ0) is 90.9. The minimum absolute atomic E-state index is 0.0131. The standard InChI is InChI=1S/C17H24ClNO3.C17H22ClNO2.2C17H23NO3.C17H31NO2.C17H23NO2/c1-12-10-14(18)4-5-15(12)21-11-16(20)22-17(2,3)13-6-8-19-9-7-13;1-17(2,14-9-11-19-12-10-14)21-16(20)8-5-13-3-6-15(18)7-4-13;1-17(2,14-8-10-18-11-9-14)21-16(20)7-6-13-4-3-5-15(19)12-13;1-17(2,14-9-11-18-12-10-14)21-16(20)8-7-13-5-3-4-6-15(13)19;2*1-17(2,15-10-12-18-13-11-15)20-16(19)9-8-14-6-4-3-5-7-14/h4-5,10,13,19H,6-9,11H2,1-3H3;3-8,14,19H,9-12H2,1-2H3;3-7,12,14,18-19H,8-11H2,1-2H3;3-8,14,18-19H,9-12H2,1-2H3;14-15,18H,3-13H2,1-2H3;3-9,15,18H,10-13H2,1-2H3/b;8-5+;7-6+;8-7+;;9-8+. The van der Waals surface area contributed by atoms with Crippen LogP contribution in [0.5, 0.6) is 17.2 Å². The Balaban J connectivity index is 0.000000206. The summed E-state index contributed by atoms with van der Waals surface area (Å²) in [5.41, 5.74) is 1.69. The highest BCUT2D eigenvalue weighted by molar-refractivity contribution is 6.31. The van der Waals surface area contributed by atoms with Crippen LogP contribution < -0.4 is 36.6 Å². The average molecular weight is 1770 g/mol. The monoisotopic (exact) mass is 1770 g/mol. The second kappa shape index (κ2) is 52.8. The Kier molecular flexibility index (Phi) is 43.8. The van der Waals surface area contributed by atoms with E-state index in [0.29, 0.717) is 63.3 Å². The Bertz CT molecular complexity index is 4200. The van der Waals surface area contributed by atoms with E-state index in [1.165, 1.54) is 56.4 Å². The Morgan fingerprint density at radius 1 is 0.360 bits per heavy atom. The fraction of sp³-hybridized carbons (Fsp3) is 0.569. The third-order valence-corrected chi connectivity index (χ3v) is 25.7. The quantitative estimate of drug-likeness (QED) is 0.0145. The highest BCUT2D eigenvalue weighted by Gasteiger charge is 2.40. The molecule has 1 saturated carbocycles. The van der Waals surface area contributed by atoms with Gasteiger partial charge in [-0.15, -0.1) is 0 Å². The Morgan fingerprint density at radius 2 is 0.696 bits per heavy atom. The number of aromatic hydroxyl groups is 2. The van der Waals surface area contributed by atoms with E-state index < -0.39 is 28.0 Å². The largest absolute Gasteiger partial charge is 0.508 e. The van der Waals surface area contributed by atoms with Crippen molar-refractivity contribution in [2.45, 2.75) is 246 Å². The third kappa shape index (κ3) is 39.0. The maximum Gasteiger partial charge on any atom is 0.344 e. The highest BCUT2D eigenvalue weighted by Crippen LogP contribution is 2.37. The summed E-state index contributed by atoms with van der Waals surface area (Å²) in [7, 11) is 0. The van der Waals surface area contributed by atoms with Gasteiger partial charge in [-0.1, -0.05) is 128 Å². The number of para-hydroxylation sites is 1. The first-order chi connectivity index (χ1) is 59.5. The zero-order valence-corrected chi connectivity index (χ0v) is 78.3. The van der Waals surface area contributed by atoms with Crippen LogP contribution in [0.4, 0.5) is 0 Å². The fourth-order valence-corrected chi connectivity index (χ4v) is 17.6. The number of phenols is 2. The van der Waals surface area contributed by atoms with E-state index in [1.54, 1.807) is 91.0 Å². The molecule has 0 bridgehead atoms. The lowest BCUT2D eigenvalue weighted by atomic mass is 9.83. The molecule has 688 valence electrons. The summed E-state index contributed by atoms with van der Waals surface area (Å²) in [5.74, 6) is 2.63. The molecule has 6 aliphatic heterocycles. The van der Waals surface area contributed by atoms with Crippen LogP contribution in [0.2, 0.25) is 10.0 Å². The van der Waals surface area contributed by atoms with Gasteiger partial charge >= 0.3 is 35.8 Å². The van der Waals surface area contributed by atoms with Gasteiger partial charge in [0.1, 0.15) is 50.9 Å². The minimum atomic E-state index is -0.470. The number of halogens is 2. The molecule has 7 fully saturated rings. The molecule has 0 spiro atoms. The molecule has 21 nitrogen and oxygen atoms in total. The molecular weight excluding hydrogens is 1620 g/mol. The molecule has 0 unspecified atom stereocenters. The SMILES string of the molecule is CC(C)(OC(=O)/C=C/c1ccc(Cl)cc1)C1CCNCC1.CC(C)(OC(=O)/C=C/c1cccc(O)c1)C1CCNCC1.CC(C)(OC(=O)/C=C/c1ccccc1)C1CCNCC1.CC(C)(OC(=O)/C=C/c1ccccc1O)C1CCNCC1.CC(C)(OC(=O)CCC1CCCCC1)C1CCNCC1.Cc1cc(Cl)ccc1OCC(=O)OC(C)(C)C1CCNCC1. The van der Waals surface area contributed by atoms with Gasteiger partial charge in [0.05, 0.1) is 0 Å². The number of rotatable bonds is 26. The van der Waals surface area contributed by atoms with Crippen LogP contribution in [0, 0.1) is 48.3 Å². The number of nitrogens with one attached hydrogen (secondary N) is 6. The van der Waals surface area contributed by atoms with E-state index in [4.69, 9.17) is 56.4 Å². The van der Waals surface area contributed by atoms with Gasteiger partial charge in [-0.05, 0) is 353 Å². The minimum Gasteiger partial charge on any atom is -0.508 e. The summed E-state index contributed by atoms with van der Waals surface area (Å²) in [6.07, 6.45) is 33.4. The van der Waals surface area contributed by atoms with Crippen molar-refractivity contribution in [2.75, 3.05) is 85.1 Å². The van der Waals surface area contributed by atoms with Gasteiger partial charge in [-0.25, -0.2) is 24.0 Å². The molecule has 0 amide bonds. The number of piperidine rings is 6. The molecule has 5 aromatic carbocycles. The summed E-state index contributed by atoms with van der Waals surface area (Å²) < 4.78 is 39.5. The molecule has 6 heterocycles. The van der Waals surface area contributed by atoms with Crippen molar-refractivity contribution >= 4 is 83.3 Å². The Labute approximate surface area is 755 Å². The third-order valence-electron chi connectivity index (χ3n) is 25.2. The fourth-order valence-electron chi connectivity index (χ4n) is 17.2. The van der Waals surface area contributed by atoms with Crippen molar-refractivity contribution in [3.8, 4) is 17.2 Å². The number of hydrogen-bond donors (Lipinski definition) is 8. The molecular formula is C102H146Cl2N6O15. The van der Waals surface area contributed by atoms with E-state index in [-0.39, 0.29) is 59.5 Å². The molecule has 6 saturated heterocycles. The van der Waals surface area contributed by atoms with Gasteiger partial charge in [0.2, 0.25) is 0 Å². The second-order valence-corrected chi connectivity index (χ2v) is 38.0. The number of carbonyl (C=O) groups excluding carboxylic acids is 6. The lowest BCUT2D eigenvalue weighted by molar-refractivity contribution is -0.165. The average Bonchev–Trinajstić information content (AvgIpc) is 0.861. The van der Waals surface area contributed by atoms with Gasteiger partial charge in [0.15, 0.2) is 6.61 Å². The molecule has 7 aliphatic rings. The molecule has 5 aromatic rings. The number of carbonyl (C=O) groups is 6. The summed E-state index contributed by atoms with van der Waals surface area (Å²) in [6.45, 7) is 37.8. The highest BCUT2D eigenvalue weighted by atomic mass is 35.5. The lowest BCUT2D eigenvalue weighted by Crippen LogP contribution is -2.43. The Morgan fingerprint density at radius 3 is 1.08 bits per heavy atom. The van der Waals surface area contributed by atoms with Gasteiger partial charge in [0.25, 0.3) is 0 Å². The maximum atomic E-state index is 12.1. The lowest BCUT2D eigenvalue weighted by Gasteiger charge is -2.36. The number of esters is 6. The summed E-state index contributed by atoms with van der Waals surface area (Å²) >= 11 is 11.7. The predicted octanol–water partition coefficient (Wildman–Crippen LogP) is 19.2. The van der Waals surface area contributed by atoms with E-state index in [9.17, 15) is 39.0 Å². The van der Waals surface area contributed by atoms with Gasteiger partial charge in [-0.3, -0.25) is 4.79 Å². The summed E-state index contributed by atoms with van der Waals surface area (Å²) in [6, 6.07) is 36.0. The molecule has 0 atom stereocenters. The molecule has 12 rings (SSSR count). The van der Waals surface area contributed by atoms with Gasteiger partial charge in [0, 0.05) is 81.8 Å². The molecule has 1 aliphatic carbocycles. The van der Waals surface area contributed by atoms with Crippen LogP contribution in [0.1, 0.15) is 233 Å². The van der Waals surface area contributed by atoms with Crippen LogP contribution in [0.25, 0.3) is 24.3 Å². The van der Waals surface area contributed by atoms with E-state index in [2.05, 4.69) is 45.7 Å². The van der Waals surface area contributed by atoms with E-state index in [1.807, 2.05) is 131 Å². The van der Waals surface area contributed by atoms with E-state index in [0.717, 1.165) is 190 Å². The summed E-state index contributed by atoms with van der Waals surface area (Å²) in [4.78, 5) is 72.1. The number of ether oxygens (including phenoxy) is 7. The van der Waals surface area contributed by atoms with E-state index >= 15 is 0 Å². The molecule has 0 aromatic heterocycles. The van der Waals surface area contributed by atoms with Crippen LogP contribution >= 0.6 is 23.2 Å². The van der Waals surface area contributed by atoms with Crippen LogP contribution in [-0.4, -0.2) is 165 Å². The molecule has 125 heavy (non-hydrogen) atoms. The van der Waals surface area contributed by atoms with Crippen LogP contribution in [0.15, 0.2) is 146 Å². The number of benzene rings is 5. The topological polar surface area (TPSA) is 280 Å². The zero-order valence-electron chi connectivity index (χ0n) is 76.8. The van der Waals surface area contributed by atoms with Crippen molar-refractivity contribution in [3.63, 3.8) is 0 Å². The maximum absolute atomic E-state index is 12.1. The molecule has 23 heteroatoms. The summed E-state index contributed by atoms with van der Waals surface area (Å²) in [5, 5.41) is 40.3. The molecule has 0 radical (unpaired) electrons. The van der Waals surface area contributed by atoms with Gasteiger partial charge < -0.3 is 75.3 Å².